The average molecular weight is 287 g/mol. The van der Waals surface area contributed by atoms with Crippen LogP contribution in [0.1, 0.15) is 12.8 Å². The second-order valence-corrected chi connectivity index (χ2v) is 14.8. The highest BCUT2D eigenvalue weighted by Gasteiger charge is 2.31. The summed E-state index contributed by atoms with van der Waals surface area (Å²) in [4.78, 5) is 0. The van der Waals surface area contributed by atoms with E-state index in [4.69, 9.17) is 27.3 Å². The third-order valence-electron chi connectivity index (χ3n) is 2.38. The van der Waals surface area contributed by atoms with Crippen molar-refractivity contribution in [3.8, 4) is 0 Å². The molecule has 0 saturated heterocycles. The minimum Gasteiger partial charge on any atom is -0.455 e. The summed E-state index contributed by atoms with van der Waals surface area (Å²) in [6.45, 7) is 9.20. The lowest BCUT2D eigenvalue weighted by atomic mass is 10.6. The monoisotopic (exact) mass is 286 g/mol. The zero-order valence-electron chi connectivity index (χ0n) is 10.4. The van der Waals surface area contributed by atoms with Gasteiger partial charge in [0.1, 0.15) is 0 Å². The van der Waals surface area contributed by atoms with Crippen LogP contribution in [0.2, 0.25) is 38.3 Å². The van der Waals surface area contributed by atoms with Crippen molar-refractivity contribution in [3.05, 3.63) is 0 Å². The predicted molar refractivity (Wildman–Crippen MR) is 76.3 cm³/mol. The van der Waals surface area contributed by atoms with Crippen LogP contribution < -0.4 is 0 Å². The van der Waals surface area contributed by atoms with Crippen molar-refractivity contribution < 1.29 is 4.12 Å². The summed E-state index contributed by atoms with van der Waals surface area (Å²) < 4.78 is 6.39. The average Bonchev–Trinajstić information content (AvgIpc) is 2.10. The Balaban J connectivity index is 4.04. The summed E-state index contributed by atoms with van der Waals surface area (Å²) in [5.74, 6) is 1.51. The van der Waals surface area contributed by atoms with Crippen LogP contribution in [0.5, 0.6) is 0 Å². The molecule has 0 N–H and O–H groups in total. The van der Waals surface area contributed by atoms with Crippen molar-refractivity contribution in [2.75, 3.05) is 11.8 Å². The smallest absolute Gasteiger partial charge is 0.173 e. The van der Waals surface area contributed by atoms with E-state index in [0.717, 1.165) is 24.6 Å². The molecule has 0 aliphatic carbocycles. The van der Waals surface area contributed by atoms with Gasteiger partial charge in [-0.05, 0) is 51.1 Å². The zero-order valence-corrected chi connectivity index (χ0v) is 13.9. The van der Waals surface area contributed by atoms with Crippen LogP contribution in [0, 0.1) is 0 Å². The molecule has 0 radical (unpaired) electrons. The van der Waals surface area contributed by atoms with Crippen molar-refractivity contribution in [2.24, 2.45) is 0 Å². The minimum atomic E-state index is -1.48. The van der Waals surface area contributed by atoms with Crippen LogP contribution >= 0.6 is 23.2 Å². The van der Waals surface area contributed by atoms with E-state index in [2.05, 4.69) is 26.2 Å². The maximum absolute atomic E-state index is 6.39. The standard InChI is InChI=1S/C10H24Cl2OSi2/c1-14(2,9-5-7-11)13-15(3,4)10-6-8-12/h5-10H2,1-4H3. The van der Waals surface area contributed by atoms with E-state index >= 15 is 0 Å². The van der Waals surface area contributed by atoms with Crippen LogP contribution in [0.3, 0.4) is 0 Å². The van der Waals surface area contributed by atoms with Gasteiger partial charge in [0.15, 0.2) is 16.6 Å². The Kier molecular flexibility index (Phi) is 7.80. The third kappa shape index (κ3) is 8.75. The van der Waals surface area contributed by atoms with Gasteiger partial charge in [-0.2, -0.15) is 0 Å². The quantitative estimate of drug-likeness (QED) is 0.465. The van der Waals surface area contributed by atoms with Crippen molar-refractivity contribution in [2.45, 2.75) is 51.1 Å². The molecule has 92 valence electrons. The number of rotatable bonds is 8. The van der Waals surface area contributed by atoms with Gasteiger partial charge >= 0.3 is 0 Å². The van der Waals surface area contributed by atoms with Gasteiger partial charge in [0, 0.05) is 11.8 Å². The molecule has 0 heterocycles. The van der Waals surface area contributed by atoms with Crippen LogP contribution in [-0.2, 0) is 4.12 Å². The van der Waals surface area contributed by atoms with Gasteiger partial charge < -0.3 is 4.12 Å². The Hall–Kier alpha value is 0.974. The zero-order chi connectivity index (χ0) is 11.9. The van der Waals surface area contributed by atoms with Gasteiger partial charge in [-0.3, -0.25) is 0 Å². The lowest BCUT2D eigenvalue weighted by Crippen LogP contribution is -2.44. The van der Waals surface area contributed by atoms with Crippen molar-refractivity contribution in [1.29, 1.82) is 0 Å². The van der Waals surface area contributed by atoms with E-state index in [0.29, 0.717) is 0 Å². The molecule has 0 atom stereocenters. The Morgan fingerprint density at radius 3 is 1.40 bits per heavy atom. The molecule has 0 spiro atoms. The lowest BCUT2D eigenvalue weighted by Gasteiger charge is -2.34. The summed E-state index contributed by atoms with van der Waals surface area (Å²) in [5, 5.41) is 0. The second-order valence-electron chi connectivity index (χ2n) is 5.21. The molecule has 0 aromatic carbocycles. The van der Waals surface area contributed by atoms with Gasteiger partial charge in [0.2, 0.25) is 0 Å². The first-order chi connectivity index (χ1) is 6.83. The SMILES string of the molecule is C[Si](C)(CCCCl)O[Si](C)(C)CCCCl. The Morgan fingerprint density at radius 1 is 0.800 bits per heavy atom. The summed E-state index contributed by atoms with van der Waals surface area (Å²) in [5.41, 5.74) is 0. The fourth-order valence-corrected chi connectivity index (χ4v) is 11.4. The number of alkyl halides is 2. The Labute approximate surface area is 107 Å². The van der Waals surface area contributed by atoms with E-state index in [1.54, 1.807) is 0 Å². The largest absolute Gasteiger partial charge is 0.455 e. The summed E-state index contributed by atoms with van der Waals surface area (Å²) in [6, 6.07) is 2.35. The highest BCUT2D eigenvalue weighted by Crippen LogP contribution is 2.23. The van der Waals surface area contributed by atoms with Crippen LogP contribution in [0.15, 0.2) is 0 Å². The van der Waals surface area contributed by atoms with Crippen molar-refractivity contribution in [3.63, 3.8) is 0 Å². The first-order valence-electron chi connectivity index (χ1n) is 5.65. The summed E-state index contributed by atoms with van der Waals surface area (Å²) >= 11 is 11.4. The van der Waals surface area contributed by atoms with E-state index < -0.39 is 16.6 Å². The molecule has 0 aliphatic rings. The van der Waals surface area contributed by atoms with Crippen LogP contribution in [0.4, 0.5) is 0 Å². The van der Waals surface area contributed by atoms with Gasteiger partial charge in [0.05, 0.1) is 0 Å². The van der Waals surface area contributed by atoms with Gasteiger partial charge in [0.25, 0.3) is 0 Å². The first-order valence-corrected chi connectivity index (χ1v) is 12.9. The minimum absolute atomic E-state index is 0.753. The Bertz CT molecular complexity index is 157. The Morgan fingerprint density at radius 2 is 1.13 bits per heavy atom. The molecule has 1 nitrogen and oxygen atoms in total. The van der Waals surface area contributed by atoms with E-state index in [9.17, 15) is 0 Å². The van der Waals surface area contributed by atoms with Gasteiger partial charge in [-0.25, -0.2) is 0 Å². The highest BCUT2D eigenvalue weighted by atomic mass is 35.5. The number of halogens is 2. The van der Waals surface area contributed by atoms with E-state index in [-0.39, 0.29) is 0 Å². The molecule has 0 aromatic rings. The normalized spacial score (nSPS) is 13.2. The maximum Gasteiger partial charge on any atom is 0.173 e. The molecule has 0 bridgehead atoms. The molecular formula is C10H24Cl2OSi2. The van der Waals surface area contributed by atoms with Crippen molar-refractivity contribution in [1.82, 2.24) is 0 Å². The molecule has 0 saturated carbocycles. The second kappa shape index (κ2) is 7.33. The van der Waals surface area contributed by atoms with E-state index in [1.165, 1.54) is 12.1 Å². The maximum atomic E-state index is 6.39. The first kappa shape index (κ1) is 16.0. The van der Waals surface area contributed by atoms with E-state index in [1.807, 2.05) is 0 Å². The van der Waals surface area contributed by atoms with Crippen LogP contribution in [0.25, 0.3) is 0 Å². The van der Waals surface area contributed by atoms with Gasteiger partial charge in [-0.15, -0.1) is 23.2 Å². The molecule has 0 rings (SSSR count). The predicted octanol–water partition coefficient (Wildman–Crippen LogP) is 4.67. The fraction of sp³-hybridized carbons (Fsp3) is 1.00. The topological polar surface area (TPSA) is 9.23 Å². The molecule has 0 aliphatic heterocycles. The summed E-state index contributed by atoms with van der Waals surface area (Å²) in [7, 11) is -2.95. The van der Waals surface area contributed by atoms with Gasteiger partial charge in [-0.1, -0.05) is 0 Å². The number of hydrogen-bond donors (Lipinski definition) is 0. The summed E-state index contributed by atoms with van der Waals surface area (Å²) in [6.07, 6.45) is 2.17. The molecular weight excluding hydrogens is 263 g/mol. The third-order valence-corrected chi connectivity index (χ3v) is 10.4. The molecule has 15 heavy (non-hydrogen) atoms. The lowest BCUT2D eigenvalue weighted by molar-refractivity contribution is 0.534. The van der Waals surface area contributed by atoms with Crippen molar-refractivity contribution >= 4 is 39.8 Å². The molecule has 5 heteroatoms. The molecule has 0 aromatic heterocycles. The fourth-order valence-electron chi connectivity index (χ4n) is 1.84. The molecule has 0 amide bonds. The number of hydrogen-bond acceptors (Lipinski definition) is 1. The highest BCUT2D eigenvalue weighted by molar-refractivity contribution is 6.84. The van der Waals surface area contributed by atoms with Crippen LogP contribution in [-0.4, -0.2) is 28.4 Å². The molecule has 0 fully saturated rings. The molecule has 0 unspecified atom stereocenters.